The summed E-state index contributed by atoms with van der Waals surface area (Å²) in [6.07, 6.45) is -6.72. The van der Waals surface area contributed by atoms with Crippen LogP contribution < -0.4 is 0 Å². The van der Waals surface area contributed by atoms with Crippen LogP contribution in [0.15, 0.2) is 30.3 Å². The summed E-state index contributed by atoms with van der Waals surface area (Å²) in [5.41, 5.74) is -5.50. The number of aromatic nitrogens is 2. The molecule has 1 heterocycles. The fourth-order valence-corrected chi connectivity index (χ4v) is 2.20. The highest BCUT2D eigenvalue weighted by molar-refractivity contribution is 5.85. The molecule has 0 radical (unpaired) electrons. The molecule has 0 aliphatic heterocycles. The molecular formula is C14H8F7N3O3. The highest BCUT2D eigenvalue weighted by Gasteiger charge is 2.76. The number of rotatable bonds is 4. The molecule has 0 saturated heterocycles. The molecule has 0 fully saturated rings. The van der Waals surface area contributed by atoms with Gasteiger partial charge in [0.15, 0.2) is 5.69 Å². The molecule has 146 valence electrons. The summed E-state index contributed by atoms with van der Waals surface area (Å²) in [7, 11) is 0. The minimum Gasteiger partial charge on any atom is -0.273 e. The van der Waals surface area contributed by atoms with Gasteiger partial charge in [-0.2, -0.15) is 40.5 Å². The van der Waals surface area contributed by atoms with Crippen molar-refractivity contribution in [1.29, 1.82) is 0 Å². The molecule has 0 unspecified atom stereocenters. The third-order valence-electron chi connectivity index (χ3n) is 3.44. The summed E-state index contributed by atoms with van der Waals surface area (Å²) in [5, 5.41) is 14.0. The van der Waals surface area contributed by atoms with Gasteiger partial charge in [0.1, 0.15) is 0 Å². The van der Waals surface area contributed by atoms with Crippen molar-refractivity contribution in [3.05, 3.63) is 46.1 Å². The maximum Gasteiger partial charge on any atom is 0.460 e. The van der Waals surface area contributed by atoms with Crippen LogP contribution in [-0.2, 0) is 5.92 Å². The Hall–Kier alpha value is -2.99. The van der Waals surface area contributed by atoms with Gasteiger partial charge in [-0.25, -0.2) is 0 Å². The number of halogens is 7. The van der Waals surface area contributed by atoms with Crippen LogP contribution in [-0.4, -0.2) is 32.7 Å². The molecule has 0 spiro atoms. The van der Waals surface area contributed by atoms with Gasteiger partial charge in [0.05, 0.1) is 4.92 Å². The largest absolute Gasteiger partial charge is 0.460 e. The molecule has 1 aromatic heterocycles. The number of hydrogen-bond donors (Lipinski definition) is 0. The Balaban J connectivity index is 2.91. The average molecular weight is 399 g/mol. The lowest BCUT2D eigenvalue weighted by Gasteiger charge is -2.26. The first-order valence-corrected chi connectivity index (χ1v) is 6.90. The smallest absolute Gasteiger partial charge is 0.273 e. The Morgan fingerprint density at radius 1 is 1.07 bits per heavy atom. The minimum atomic E-state index is -6.72. The van der Waals surface area contributed by atoms with Gasteiger partial charge in [-0.3, -0.25) is 14.9 Å². The number of carbonyl (C=O) groups is 1. The second-order valence-electron chi connectivity index (χ2n) is 5.25. The van der Waals surface area contributed by atoms with Gasteiger partial charge < -0.3 is 0 Å². The molecule has 0 bridgehead atoms. The normalized spacial score (nSPS) is 12.9. The molecule has 0 saturated carbocycles. The van der Waals surface area contributed by atoms with Crippen LogP contribution in [0, 0.1) is 10.1 Å². The molecule has 27 heavy (non-hydrogen) atoms. The Bertz CT molecular complexity index is 891. The van der Waals surface area contributed by atoms with Crippen LogP contribution in [0.3, 0.4) is 0 Å². The van der Waals surface area contributed by atoms with E-state index in [-0.39, 0.29) is 10.2 Å². The van der Waals surface area contributed by atoms with Gasteiger partial charge in [0, 0.05) is 12.5 Å². The molecule has 0 N–H and O–H groups in total. The van der Waals surface area contributed by atoms with Crippen molar-refractivity contribution in [1.82, 2.24) is 9.78 Å². The number of alkyl halides is 7. The van der Waals surface area contributed by atoms with Crippen molar-refractivity contribution in [2.75, 3.05) is 0 Å². The zero-order valence-electron chi connectivity index (χ0n) is 13.1. The monoisotopic (exact) mass is 399 g/mol. The van der Waals surface area contributed by atoms with Crippen LogP contribution in [0.2, 0.25) is 0 Å². The number of hydrogen-bond acceptors (Lipinski definition) is 4. The maximum atomic E-state index is 14.1. The zero-order chi connectivity index (χ0) is 20.8. The van der Waals surface area contributed by atoms with E-state index in [1.807, 2.05) is 0 Å². The summed E-state index contributed by atoms with van der Waals surface area (Å²) in [6, 6.07) is 6.18. The molecule has 0 aliphatic carbocycles. The summed E-state index contributed by atoms with van der Waals surface area (Å²) in [4.78, 5) is 21.3. The number of carbonyl (C=O) groups excluding carboxylic acids is 1. The topological polar surface area (TPSA) is 78.0 Å². The van der Waals surface area contributed by atoms with E-state index in [0.29, 0.717) is 6.92 Å². The lowest BCUT2D eigenvalue weighted by atomic mass is 10.0. The van der Waals surface area contributed by atoms with Gasteiger partial charge in [0.2, 0.25) is 11.6 Å². The average Bonchev–Trinajstić information content (AvgIpc) is 2.96. The third-order valence-corrected chi connectivity index (χ3v) is 3.44. The second-order valence-corrected chi connectivity index (χ2v) is 5.25. The molecule has 0 atom stereocenters. The van der Waals surface area contributed by atoms with Gasteiger partial charge >= 0.3 is 23.7 Å². The summed E-state index contributed by atoms with van der Waals surface area (Å²) in [6.45, 7) is 0.715. The number of nitrogens with zero attached hydrogens (tertiary/aromatic N) is 3. The van der Waals surface area contributed by atoms with E-state index in [9.17, 15) is 45.6 Å². The van der Waals surface area contributed by atoms with Crippen LogP contribution in [0.25, 0.3) is 11.3 Å². The minimum absolute atomic E-state index is 0.0107. The lowest BCUT2D eigenvalue weighted by molar-refractivity contribution is -0.393. The zero-order valence-corrected chi connectivity index (χ0v) is 13.1. The predicted molar refractivity (Wildman–Crippen MR) is 75.5 cm³/mol. The van der Waals surface area contributed by atoms with Crippen LogP contribution >= 0.6 is 0 Å². The van der Waals surface area contributed by atoms with Gasteiger partial charge in [-0.1, -0.05) is 30.3 Å². The fourth-order valence-electron chi connectivity index (χ4n) is 2.20. The van der Waals surface area contributed by atoms with Crippen molar-refractivity contribution in [3.8, 4) is 11.3 Å². The molecule has 6 nitrogen and oxygen atoms in total. The molecule has 2 rings (SSSR count). The van der Waals surface area contributed by atoms with Gasteiger partial charge in [-0.05, 0) is 0 Å². The van der Waals surface area contributed by atoms with E-state index in [4.69, 9.17) is 0 Å². The first kappa shape index (κ1) is 20.3. The number of benzene rings is 1. The van der Waals surface area contributed by atoms with Crippen molar-refractivity contribution < 1.29 is 40.5 Å². The van der Waals surface area contributed by atoms with E-state index in [0.717, 1.165) is 12.1 Å². The Kier molecular flexibility index (Phi) is 4.75. The summed E-state index contributed by atoms with van der Waals surface area (Å²) < 4.78 is 92.1. The first-order valence-electron chi connectivity index (χ1n) is 6.90. The fraction of sp³-hybridized carbons (Fsp3) is 0.286. The first-order chi connectivity index (χ1) is 12.2. The lowest BCUT2D eigenvalue weighted by Crippen LogP contribution is -2.50. The maximum absolute atomic E-state index is 14.1. The second kappa shape index (κ2) is 6.32. The molecule has 0 aliphatic rings. The summed E-state index contributed by atoms with van der Waals surface area (Å²) in [5.74, 6) is -14.0. The van der Waals surface area contributed by atoms with Crippen LogP contribution in [0.4, 0.5) is 36.4 Å². The van der Waals surface area contributed by atoms with Gasteiger partial charge in [0.25, 0.3) is 0 Å². The van der Waals surface area contributed by atoms with Gasteiger partial charge in [-0.15, -0.1) is 0 Å². The highest BCUT2D eigenvalue weighted by Crippen LogP contribution is 2.54. The summed E-state index contributed by atoms with van der Waals surface area (Å²) >= 11 is 0. The molecule has 2 aromatic rings. The van der Waals surface area contributed by atoms with Crippen molar-refractivity contribution >= 4 is 11.6 Å². The quantitative estimate of drug-likeness (QED) is 0.434. The predicted octanol–water partition coefficient (Wildman–Crippen LogP) is 4.41. The molecule has 0 amide bonds. The highest BCUT2D eigenvalue weighted by atomic mass is 19.4. The van der Waals surface area contributed by atoms with E-state index < -0.39 is 45.9 Å². The van der Waals surface area contributed by atoms with E-state index in [1.54, 1.807) is 0 Å². The van der Waals surface area contributed by atoms with Crippen molar-refractivity contribution in [2.24, 2.45) is 0 Å². The Morgan fingerprint density at radius 2 is 1.59 bits per heavy atom. The Labute approximate surface area is 145 Å². The van der Waals surface area contributed by atoms with E-state index in [1.165, 1.54) is 18.2 Å². The van der Waals surface area contributed by atoms with Crippen LogP contribution in [0.1, 0.15) is 17.4 Å². The van der Waals surface area contributed by atoms with E-state index >= 15 is 0 Å². The SMILES string of the molecule is CC(=O)n1nc(C(F)(F)C(F)(F)C(F)(F)F)c([N+](=O)[O-])c1-c1ccccc1. The molecule has 13 heteroatoms. The Morgan fingerprint density at radius 3 is 2.00 bits per heavy atom. The standard InChI is InChI=1S/C14H8F7N3O3/c1-7(25)23-9(8-5-3-2-4-6-8)10(24(26)27)11(22-23)12(15,16)13(17,18)14(19,20)21/h2-6H,1H3. The van der Waals surface area contributed by atoms with E-state index in [2.05, 4.69) is 5.10 Å². The van der Waals surface area contributed by atoms with Crippen molar-refractivity contribution in [2.45, 2.75) is 24.9 Å². The third kappa shape index (κ3) is 3.13. The van der Waals surface area contributed by atoms with Crippen LogP contribution in [0.5, 0.6) is 0 Å². The van der Waals surface area contributed by atoms with Crippen molar-refractivity contribution in [3.63, 3.8) is 0 Å². The molecule has 1 aromatic carbocycles. The molecular weight excluding hydrogens is 391 g/mol. The number of nitro groups is 1.